The van der Waals surface area contributed by atoms with Crippen molar-refractivity contribution in [1.29, 1.82) is 0 Å². The molecule has 1 heterocycles. The van der Waals surface area contributed by atoms with E-state index in [1.54, 1.807) is 19.0 Å². The Morgan fingerprint density at radius 1 is 1.30 bits per heavy atom. The maximum atomic E-state index is 12.0. The molecule has 0 fully saturated rings. The van der Waals surface area contributed by atoms with Crippen molar-refractivity contribution in [2.24, 2.45) is 0 Å². The highest BCUT2D eigenvalue weighted by atomic mass is 32.1. The number of hydrogen-bond donors (Lipinski definition) is 2. The molecule has 0 aliphatic carbocycles. The lowest BCUT2D eigenvalue weighted by Crippen LogP contribution is -2.37. The predicted octanol–water partition coefficient (Wildman–Crippen LogP) is 1.31. The Balaban J connectivity index is 1.98. The van der Waals surface area contributed by atoms with Crippen LogP contribution in [-0.4, -0.2) is 55.5 Å². The standard InChI is InChI=1S/C15H20N4O3S/c1-4-22-10-5-6-11-12(7-10)23-15(17-11)18-14(21)9-19(3)8-13(20)16-2/h5-7H,4,8-9H2,1-3H3,(H,16,20)(H,17,18,21). The Kier molecular flexibility index (Phi) is 5.89. The van der Waals surface area contributed by atoms with E-state index in [0.717, 1.165) is 16.0 Å². The summed E-state index contributed by atoms with van der Waals surface area (Å²) < 4.78 is 6.40. The van der Waals surface area contributed by atoms with Crippen LogP contribution < -0.4 is 15.4 Å². The molecule has 1 aromatic carbocycles. The van der Waals surface area contributed by atoms with Crippen molar-refractivity contribution in [1.82, 2.24) is 15.2 Å². The number of nitrogens with one attached hydrogen (secondary N) is 2. The molecule has 0 aliphatic heterocycles. The number of benzene rings is 1. The maximum Gasteiger partial charge on any atom is 0.240 e. The van der Waals surface area contributed by atoms with Crippen LogP contribution >= 0.6 is 11.3 Å². The second-order valence-electron chi connectivity index (χ2n) is 4.98. The summed E-state index contributed by atoms with van der Waals surface area (Å²) >= 11 is 1.39. The number of rotatable bonds is 7. The number of ether oxygens (including phenoxy) is 1. The minimum absolute atomic E-state index is 0.119. The SMILES string of the molecule is CCOc1ccc2nc(NC(=O)CN(C)CC(=O)NC)sc2c1. The van der Waals surface area contributed by atoms with Gasteiger partial charge in [0.2, 0.25) is 11.8 Å². The van der Waals surface area contributed by atoms with Gasteiger partial charge in [0.15, 0.2) is 5.13 Å². The van der Waals surface area contributed by atoms with E-state index in [-0.39, 0.29) is 24.9 Å². The molecule has 7 nitrogen and oxygen atoms in total. The fourth-order valence-corrected chi connectivity index (χ4v) is 2.91. The van der Waals surface area contributed by atoms with Gasteiger partial charge >= 0.3 is 0 Å². The first kappa shape index (κ1) is 17.2. The summed E-state index contributed by atoms with van der Waals surface area (Å²) in [5.74, 6) is 0.441. The van der Waals surface area contributed by atoms with Gasteiger partial charge in [-0.25, -0.2) is 4.98 Å². The largest absolute Gasteiger partial charge is 0.494 e. The van der Waals surface area contributed by atoms with Gasteiger partial charge in [-0.1, -0.05) is 11.3 Å². The number of carbonyl (C=O) groups is 2. The highest BCUT2D eigenvalue weighted by molar-refractivity contribution is 7.22. The van der Waals surface area contributed by atoms with E-state index in [1.165, 1.54) is 11.3 Å². The highest BCUT2D eigenvalue weighted by Crippen LogP contribution is 2.29. The van der Waals surface area contributed by atoms with Crippen LogP contribution in [0.4, 0.5) is 5.13 Å². The van der Waals surface area contributed by atoms with Gasteiger partial charge in [-0.15, -0.1) is 0 Å². The van der Waals surface area contributed by atoms with Crippen LogP contribution in [0.15, 0.2) is 18.2 Å². The molecule has 1 aromatic heterocycles. The van der Waals surface area contributed by atoms with Gasteiger partial charge in [-0.05, 0) is 32.2 Å². The zero-order valence-electron chi connectivity index (χ0n) is 13.4. The lowest BCUT2D eigenvalue weighted by atomic mass is 10.3. The van der Waals surface area contributed by atoms with Crippen molar-refractivity contribution < 1.29 is 14.3 Å². The van der Waals surface area contributed by atoms with Crippen molar-refractivity contribution in [3.63, 3.8) is 0 Å². The van der Waals surface area contributed by atoms with E-state index < -0.39 is 0 Å². The zero-order valence-corrected chi connectivity index (χ0v) is 14.2. The quantitative estimate of drug-likeness (QED) is 0.796. The van der Waals surface area contributed by atoms with Gasteiger partial charge in [-0.3, -0.25) is 14.5 Å². The topological polar surface area (TPSA) is 83.6 Å². The van der Waals surface area contributed by atoms with Crippen LogP contribution in [0.1, 0.15) is 6.92 Å². The minimum atomic E-state index is -0.208. The van der Waals surface area contributed by atoms with Gasteiger partial charge in [0, 0.05) is 7.05 Å². The molecule has 124 valence electrons. The van der Waals surface area contributed by atoms with Gasteiger partial charge < -0.3 is 15.4 Å². The molecule has 0 unspecified atom stereocenters. The highest BCUT2D eigenvalue weighted by Gasteiger charge is 2.12. The van der Waals surface area contributed by atoms with Gasteiger partial charge in [0.05, 0.1) is 29.9 Å². The fraction of sp³-hybridized carbons (Fsp3) is 0.400. The van der Waals surface area contributed by atoms with Crippen LogP contribution in [0.3, 0.4) is 0 Å². The number of thiazole rings is 1. The molecule has 0 atom stereocenters. The number of aromatic nitrogens is 1. The third-order valence-electron chi connectivity index (χ3n) is 3.02. The second kappa shape index (κ2) is 7.89. The molecular weight excluding hydrogens is 316 g/mol. The van der Waals surface area contributed by atoms with Crippen LogP contribution in [-0.2, 0) is 9.59 Å². The average Bonchev–Trinajstić information content (AvgIpc) is 2.88. The van der Waals surface area contributed by atoms with E-state index in [9.17, 15) is 9.59 Å². The lowest BCUT2D eigenvalue weighted by Gasteiger charge is -2.14. The molecule has 0 aliphatic rings. The first-order chi connectivity index (χ1) is 11.0. The van der Waals surface area contributed by atoms with Crippen molar-refractivity contribution in [3.8, 4) is 5.75 Å². The van der Waals surface area contributed by atoms with E-state index in [1.807, 2.05) is 25.1 Å². The summed E-state index contributed by atoms with van der Waals surface area (Å²) in [6, 6.07) is 5.63. The molecule has 0 radical (unpaired) electrons. The van der Waals surface area contributed by atoms with Gasteiger partial charge in [0.25, 0.3) is 0 Å². The van der Waals surface area contributed by atoms with Crippen LogP contribution in [0.2, 0.25) is 0 Å². The molecule has 0 saturated heterocycles. The maximum absolute atomic E-state index is 12.0. The molecule has 0 saturated carbocycles. The fourth-order valence-electron chi connectivity index (χ4n) is 2.00. The van der Waals surface area contributed by atoms with Crippen molar-refractivity contribution in [3.05, 3.63) is 18.2 Å². The molecular formula is C15H20N4O3S. The summed E-state index contributed by atoms with van der Waals surface area (Å²) in [5, 5.41) is 5.81. The molecule has 2 rings (SSSR count). The summed E-state index contributed by atoms with van der Waals surface area (Å²) in [5.41, 5.74) is 0.812. The first-order valence-electron chi connectivity index (χ1n) is 7.24. The normalized spacial score (nSPS) is 10.8. The Bertz CT molecular complexity index is 701. The number of carbonyl (C=O) groups excluding carboxylic acids is 2. The zero-order chi connectivity index (χ0) is 16.8. The van der Waals surface area contributed by atoms with Crippen molar-refractivity contribution >= 4 is 38.5 Å². The number of likely N-dealkylation sites (N-methyl/N-ethyl adjacent to an activating group) is 2. The first-order valence-corrected chi connectivity index (χ1v) is 8.05. The van der Waals surface area contributed by atoms with Crippen molar-refractivity contribution in [2.75, 3.05) is 39.1 Å². The Morgan fingerprint density at radius 3 is 2.74 bits per heavy atom. The average molecular weight is 336 g/mol. The summed E-state index contributed by atoms with van der Waals surface area (Å²) in [4.78, 5) is 29.3. The molecule has 8 heteroatoms. The smallest absolute Gasteiger partial charge is 0.240 e. The molecule has 0 spiro atoms. The molecule has 2 aromatic rings. The molecule has 23 heavy (non-hydrogen) atoms. The van der Waals surface area contributed by atoms with Gasteiger partial charge in [0.1, 0.15) is 5.75 Å². The lowest BCUT2D eigenvalue weighted by molar-refractivity contribution is -0.122. The van der Waals surface area contributed by atoms with Crippen LogP contribution in [0.25, 0.3) is 10.2 Å². The van der Waals surface area contributed by atoms with E-state index >= 15 is 0 Å². The number of fused-ring (bicyclic) bond motifs is 1. The molecule has 2 amide bonds. The third-order valence-corrected chi connectivity index (χ3v) is 3.96. The van der Waals surface area contributed by atoms with Crippen LogP contribution in [0.5, 0.6) is 5.75 Å². The Labute approximate surface area is 138 Å². The van der Waals surface area contributed by atoms with Crippen molar-refractivity contribution in [2.45, 2.75) is 6.92 Å². The monoisotopic (exact) mass is 336 g/mol. The number of anilines is 1. The number of amides is 2. The van der Waals surface area contributed by atoms with Crippen LogP contribution in [0, 0.1) is 0 Å². The molecule has 0 bridgehead atoms. The summed E-state index contributed by atoms with van der Waals surface area (Å²) in [6.07, 6.45) is 0. The minimum Gasteiger partial charge on any atom is -0.494 e. The molecule has 2 N–H and O–H groups in total. The van der Waals surface area contributed by atoms with E-state index in [0.29, 0.717) is 11.7 Å². The number of nitrogens with zero attached hydrogens (tertiary/aromatic N) is 2. The number of hydrogen-bond acceptors (Lipinski definition) is 6. The Morgan fingerprint density at radius 2 is 2.04 bits per heavy atom. The van der Waals surface area contributed by atoms with E-state index in [2.05, 4.69) is 15.6 Å². The Hall–Kier alpha value is -2.19. The third kappa shape index (κ3) is 4.90. The summed E-state index contributed by atoms with van der Waals surface area (Å²) in [7, 11) is 3.27. The second-order valence-corrected chi connectivity index (χ2v) is 6.01. The predicted molar refractivity (Wildman–Crippen MR) is 91.0 cm³/mol. The summed E-state index contributed by atoms with van der Waals surface area (Å²) in [6.45, 7) is 2.82. The van der Waals surface area contributed by atoms with Gasteiger partial charge in [-0.2, -0.15) is 0 Å². The van der Waals surface area contributed by atoms with E-state index in [4.69, 9.17) is 4.74 Å².